The lowest BCUT2D eigenvalue weighted by atomic mass is 10.0. The first-order valence-corrected chi connectivity index (χ1v) is 9.51. The summed E-state index contributed by atoms with van der Waals surface area (Å²) in [6, 6.07) is 5.49. The number of aromatic nitrogens is 5. The lowest BCUT2D eigenvalue weighted by molar-refractivity contribution is -0.136. The van der Waals surface area contributed by atoms with Gasteiger partial charge >= 0.3 is 0 Å². The van der Waals surface area contributed by atoms with E-state index in [2.05, 4.69) is 25.6 Å². The Morgan fingerprint density at radius 2 is 1.87 bits per heavy atom. The van der Waals surface area contributed by atoms with E-state index in [1.54, 1.807) is 30.6 Å². The van der Waals surface area contributed by atoms with Gasteiger partial charge in [0.25, 0.3) is 17.8 Å². The summed E-state index contributed by atoms with van der Waals surface area (Å²) in [4.78, 5) is 58.7. The van der Waals surface area contributed by atoms with Gasteiger partial charge in [-0.05, 0) is 31.5 Å². The molecule has 11 heteroatoms. The molecule has 1 unspecified atom stereocenters. The number of fused-ring (bicyclic) bond motifs is 1. The van der Waals surface area contributed by atoms with Crippen LogP contribution < -0.4 is 5.32 Å². The second-order valence-electron chi connectivity index (χ2n) is 7.25. The van der Waals surface area contributed by atoms with E-state index in [9.17, 15) is 19.2 Å². The number of rotatable bonds is 3. The van der Waals surface area contributed by atoms with E-state index in [1.165, 1.54) is 10.7 Å². The van der Waals surface area contributed by atoms with Crippen molar-refractivity contribution in [1.29, 1.82) is 0 Å². The standard InChI is InChI=1S/C20H15N7O4/c1-10-6-7-21-20(22-10)26-9-14(24-25-26)11-2-3-12-13(8-11)19(31)27(18(12)30)15-4-5-16(28)23-17(15)29/h2-3,6-9,15H,4-5H2,1H3,(H,23,28,29). The average molecular weight is 417 g/mol. The number of nitrogens with zero attached hydrogens (tertiary/aromatic N) is 6. The molecule has 154 valence electrons. The second-order valence-corrected chi connectivity index (χ2v) is 7.25. The van der Waals surface area contributed by atoms with Crippen molar-refractivity contribution in [2.75, 3.05) is 0 Å². The van der Waals surface area contributed by atoms with Gasteiger partial charge in [-0.25, -0.2) is 9.97 Å². The van der Waals surface area contributed by atoms with Crippen molar-refractivity contribution < 1.29 is 19.2 Å². The molecule has 1 fully saturated rings. The number of imide groups is 2. The summed E-state index contributed by atoms with van der Waals surface area (Å²) in [5, 5.41) is 10.3. The van der Waals surface area contributed by atoms with Gasteiger partial charge in [0.05, 0.1) is 17.3 Å². The second kappa shape index (κ2) is 6.90. The first-order valence-electron chi connectivity index (χ1n) is 9.51. The fourth-order valence-electron chi connectivity index (χ4n) is 3.67. The van der Waals surface area contributed by atoms with Crippen LogP contribution in [-0.4, -0.2) is 59.5 Å². The number of carbonyl (C=O) groups is 4. The molecule has 31 heavy (non-hydrogen) atoms. The molecule has 2 aliphatic heterocycles. The number of nitrogens with one attached hydrogen (secondary N) is 1. The molecule has 3 aromatic rings. The molecule has 11 nitrogen and oxygen atoms in total. The molecular weight excluding hydrogens is 402 g/mol. The van der Waals surface area contributed by atoms with Gasteiger partial charge in [0.2, 0.25) is 11.8 Å². The van der Waals surface area contributed by atoms with Crippen LogP contribution in [0.2, 0.25) is 0 Å². The fourth-order valence-corrected chi connectivity index (χ4v) is 3.67. The third-order valence-electron chi connectivity index (χ3n) is 5.22. The summed E-state index contributed by atoms with van der Waals surface area (Å²) in [6.45, 7) is 1.83. The zero-order valence-electron chi connectivity index (χ0n) is 16.3. The summed E-state index contributed by atoms with van der Waals surface area (Å²) < 4.78 is 1.41. The van der Waals surface area contributed by atoms with Gasteiger partial charge in [-0.15, -0.1) is 5.10 Å². The highest BCUT2D eigenvalue weighted by atomic mass is 16.2. The topological polar surface area (TPSA) is 140 Å². The Balaban J connectivity index is 1.46. The maximum atomic E-state index is 13.0. The van der Waals surface area contributed by atoms with Crippen LogP contribution in [0.5, 0.6) is 0 Å². The van der Waals surface area contributed by atoms with Gasteiger partial charge < -0.3 is 0 Å². The molecule has 2 aromatic heterocycles. The van der Waals surface area contributed by atoms with E-state index >= 15 is 0 Å². The van der Waals surface area contributed by atoms with Gasteiger partial charge in [0.15, 0.2) is 0 Å². The molecule has 4 amide bonds. The normalized spacial score (nSPS) is 18.4. The lowest BCUT2D eigenvalue weighted by Gasteiger charge is -2.27. The van der Waals surface area contributed by atoms with Crippen LogP contribution in [0.4, 0.5) is 0 Å². The van der Waals surface area contributed by atoms with E-state index < -0.39 is 29.7 Å². The Kier molecular flexibility index (Phi) is 4.17. The number of aryl methyl sites for hydroxylation is 1. The van der Waals surface area contributed by atoms with Crippen molar-refractivity contribution in [3.05, 3.63) is 53.5 Å². The van der Waals surface area contributed by atoms with Crippen molar-refractivity contribution in [3.63, 3.8) is 0 Å². The lowest BCUT2D eigenvalue weighted by Crippen LogP contribution is -2.54. The first kappa shape index (κ1) is 18.7. The molecule has 0 saturated carbocycles. The summed E-state index contributed by atoms with van der Waals surface area (Å²) in [6.07, 6.45) is 3.41. The molecule has 5 rings (SSSR count). The quantitative estimate of drug-likeness (QED) is 0.605. The van der Waals surface area contributed by atoms with Gasteiger partial charge in [0, 0.05) is 23.9 Å². The highest BCUT2D eigenvalue weighted by molar-refractivity contribution is 6.23. The van der Waals surface area contributed by atoms with Crippen molar-refractivity contribution in [2.24, 2.45) is 0 Å². The van der Waals surface area contributed by atoms with Crippen LogP contribution in [0.15, 0.2) is 36.7 Å². The highest BCUT2D eigenvalue weighted by Crippen LogP contribution is 2.30. The van der Waals surface area contributed by atoms with Crippen molar-refractivity contribution >= 4 is 23.6 Å². The van der Waals surface area contributed by atoms with Crippen molar-refractivity contribution in [2.45, 2.75) is 25.8 Å². The SMILES string of the molecule is Cc1ccnc(-n2cc(-c3ccc4c(c3)C(=O)N(C3CCC(=O)NC3=O)C4=O)nn2)n1. The van der Waals surface area contributed by atoms with E-state index in [0.29, 0.717) is 17.2 Å². The molecule has 0 bridgehead atoms. The smallest absolute Gasteiger partial charge is 0.262 e. The van der Waals surface area contributed by atoms with Gasteiger partial charge in [-0.2, -0.15) is 4.68 Å². The third-order valence-corrected chi connectivity index (χ3v) is 5.22. The van der Waals surface area contributed by atoms with E-state index in [0.717, 1.165) is 10.6 Å². The Morgan fingerprint density at radius 3 is 2.65 bits per heavy atom. The van der Waals surface area contributed by atoms with Gasteiger partial charge in [-0.3, -0.25) is 29.4 Å². The maximum absolute atomic E-state index is 13.0. The van der Waals surface area contributed by atoms with Crippen molar-refractivity contribution in [3.8, 4) is 17.2 Å². The molecule has 1 atom stereocenters. The average Bonchev–Trinajstić information content (AvgIpc) is 3.33. The number of benzene rings is 1. The van der Waals surface area contributed by atoms with Crippen LogP contribution in [0.1, 0.15) is 39.3 Å². The molecule has 2 aliphatic rings. The van der Waals surface area contributed by atoms with Crippen LogP contribution in [0, 0.1) is 6.92 Å². The number of amides is 4. The van der Waals surface area contributed by atoms with Gasteiger partial charge in [-0.1, -0.05) is 11.3 Å². The number of hydrogen-bond acceptors (Lipinski definition) is 8. The first-order chi connectivity index (χ1) is 14.9. The predicted octanol–water partition coefficient (Wildman–Crippen LogP) is 0.434. The molecule has 4 heterocycles. The molecule has 0 spiro atoms. The zero-order chi connectivity index (χ0) is 21.7. The zero-order valence-corrected chi connectivity index (χ0v) is 16.3. The number of carbonyl (C=O) groups excluding carboxylic acids is 4. The molecular formula is C20H15N7O4. The Morgan fingerprint density at radius 1 is 1.06 bits per heavy atom. The predicted molar refractivity (Wildman–Crippen MR) is 104 cm³/mol. The minimum atomic E-state index is -1.01. The largest absolute Gasteiger partial charge is 0.295 e. The maximum Gasteiger partial charge on any atom is 0.262 e. The summed E-state index contributed by atoms with van der Waals surface area (Å²) >= 11 is 0. The van der Waals surface area contributed by atoms with Crippen LogP contribution in [0.25, 0.3) is 17.2 Å². The molecule has 0 aliphatic carbocycles. The minimum Gasteiger partial charge on any atom is -0.295 e. The minimum absolute atomic E-state index is 0.0686. The molecule has 0 radical (unpaired) electrons. The number of hydrogen-bond donors (Lipinski definition) is 1. The molecule has 1 N–H and O–H groups in total. The molecule has 1 saturated heterocycles. The third kappa shape index (κ3) is 3.06. The fraction of sp³-hybridized carbons (Fsp3) is 0.200. The van der Waals surface area contributed by atoms with E-state index in [-0.39, 0.29) is 24.0 Å². The summed E-state index contributed by atoms with van der Waals surface area (Å²) in [5.41, 5.74) is 2.19. The van der Waals surface area contributed by atoms with Crippen molar-refractivity contribution in [1.82, 2.24) is 35.2 Å². The van der Waals surface area contributed by atoms with Gasteiger partial charge in [0.1, 0.15) is 11.7 Å². The van der Waals surface area contributed by atoms with Crippen LogP contribution in [-0.2, 0) is 9.59 Å². The Hall–Kier alpha value is -4.28. The summed E-state index contributed by atoms with van der Waals surface area (Å²) in [7, 11) is 0. The Labute approximate surface area is 175 Å². The van der Waals surface area contributed by atoms with E-state index in [1.807, 2.05) is 6.92 Å². The van der Waals surface area contributed by atoms with Crippen LogP contribution in [0.3, 0.4) is 0 Å². The van der Waals surface area contributed by atoms with Crippen LogP contribution >= 0.6 is 0 Å². The Bertz CT molecular complexity index is 1280. The molecule has 1 aromatic carbocycles. The highest BCUT2D eigenvalue weighted by Gasteiger charge is 2.44. The number of piperidine rings is 1. The van der Waals surface area contributed by atoms with E-state index in [4.69, 9.17) is 0 Å². The summed E-state index contributed by atoms with van der Waals surface area (Å²) in [5.74, 6) is -1.84. The monoisotopic (exact) mass is 417 g/mol.